The Morgan fingerprint density at radius 2 is 2.24 bits per heavy atom. The molecule has 1 aromatic carbocycles. The lowest BCUT2D eigenvalue weighted by molar-refractivity contribution is -0.0134. The van der Waals surface area contributed by atoms with Gasteiger partial charge in [-0.25, -0.2) is 9.59 Å². The third-order valence-corrected chi connectivity index (χ3v) is 3.36. The number of ether oxygens (including phenoxy) is 1. The van der Waals surface area contributed by atoms with Crippen LogP contribution in [0.1, 0.15) is 23.7 Å². The average molecular weight is 294 g/mol. The van der Waals surface area contributed by atoms with Crippen molar-refractivity contribution in [3.05, 3.63) is 23.8 Å². The SMILES string of the molecule is CCC1CN(C(=O)Nc2ccc(O)c(C(=O)O)c2)CCO1. The van der Waals surface area contributed by atoms with Crippen molar-refractivity contribution in [1.82, 2.24) is 4.90 Å². The van der Waals surface area contributed by atoms with Gasteiger partial charge >= 0.3 is 12.0 Å². The highest BCUT2D eigenvalue weighted by molar-refractivity contribution is 5.95. The minimum Gasteiger partial charge on any atom is -0.507 e. The van der Waals surface area contributed by atoms with Crippen molar-refractivity contribution in [2.75, 3.05) is 25.0 Å². The smallest absolute Gasteiger partial charge is 0.339 e. The van der Waals surface area contributed by atoms with Gasteiger partial charge in [0.05, 0.1) is 12.7 Å². The molecular weight excluding hydrogens is 276 g/mol. The lowest BCUT2D eigenvalue weighted by atomic mass is 10.2. The fraction of sp³-hybridized carbons (Fsp3) is 0.429. The third-order valence-electron chi connectivity index (χ3n) is 3.36. The van der Waals surface area contributed by atoms with Crippen LogP contribution in [0.4, 0.5) is 10.5 Å². The summed E-state index contributed by atoms with van der Waals surface area (Å²) in [7, 11) is 0. The van der Waals surface area contributed by atoms with Crippen molar-refractivity contribution in [3.63, 3.8) is 0 Å². The van der Waals surface area contributed by atoms with E-state index in [2.05, 4.69) is 5.32 Å². The van der Waals surface area contributed by atoms with Gasteiger partial charge in [-0.05, 0) is 24.6 Å². The summed E-state index contributed by atoms with van der Waals surface area (Å²) >= 11 is 0. The molecule has 0 radical (unpaired) electrons. The number of aromatic hydroxyl groups is 1. The fourth-order valence-corrected chi connectivity index (χ4v) is 2.14. The molecule has 1 aliphatic rings. The van der Waals surface area contributed by atoms with E-state index in [0.29, 0.717) is 25.4 Å². The monoisotopic (exact) mass is 294 g/mol. The number of benzene rings is 1. The first kappa shape index (κ1) is 15.1. The molecule has 1 fully saturated rings. The highest BCUT2D eigenvalue weighted by Gasteiger charge is 2.23. The highest BCUT2D eigenvalue weighted by atomic mass is 16.5. The number of carboxylic acid groups (broad SMARTS) is 1. The normalized spacial score (nSPS) is 18.3. The van der Waals surface area contributed by atoms with Gasteiger partial charge in [-0.1, -0.05) is 6.92 Å². The van der Waals surface area contributed by atoms with Gasteiger partial charge in [0.15, 0.2) is 0 Å². The number of aromatic carboxylic acids is 1. The first-order valence-electron chi connectivity index (χ1n) is 6.75. The fourth-order valence-electron chi connectivity index (χ4n) is 2.14. The Morgan fingerprint density at radius 1 is 1.48 bits per heavy atom. The third kappa shape index (κ3) is 3.63. The minimum atomic E-state index is -1.25. The number of rotatable bonds is 3. The number of carboxylic acids is 1. The number of carbonyl (C=O) groups excluding carboxylic acids is 1. The molecule has 2 rings (SSSR count). The van der Waals surface area contributed by atoms with E-state index in [1.54, 1.807) is 4.90 Å². The van der Waals surface area contributed by atoms with Crippen molar-refractivity contribution in [3.8, 4) is 5.75 Å². The highest BCUT2D eigenvalue weighted by Crippen LogP contribution is 2.22. The largest absolute Gasteiger partial charge is 0.507 e. The Labute approximate surface area is 122 Å². The van der Waals surface area contributed by atoms with E-state index in [1.165, 1.54) is 18.2 Å². The Bertz CT molecular complexity index is 546. The van der Waals surface area contributed by atoms with Gasteiger partial charge in [0.25, 0.3) is 0 Å². The molecule has 0 spiro atoms. The Morgan fingerprint density at radius 3 is 2.90 bits per heavy atom. The van der Waals surface area contributed by atoms with Crippen molar-refractivity contribution < 1.29 is 24.5 Å². The second kappa shape index (κ2) is 6.45. The zero-order valence-corrected chi connectivity index (χ0v) is 11.7. The van der Waals surface area contributed by atoms with E-state index >= 15 is 0 Å². The number of phenols is 1. The molecule has 0 aromatic heterocycles. The van der Waals surface area contributed by atoms with Crippen molar-refractivity contribution in [2.24, 2.45) is 0 Å². The van der Waals surface area contributed by atoms with Crippen LogP contribution >= 0.6 is 0 Å². The number of hydrogen-bond acceptors (Lipinski definition) is 4. The zero-order valence-electron chi connectivity index (χ0n) is 11.7. The van der Waals surface area contributed by atoms with Crippen LogP contribution < -0.4 is 5.32 Å². The number of hydrogen-bond donors (Lipinski definition) is 3. The maximum absolute atomic E-state index is 12.1. The summed E-state index contributed by atoms with van der Waals surface area (Å²) in [6.45, 7) is 3.48. The lowest BCUT2D eigenvalue weighted by Crippen LogP contribution is -2.47. The Hall–Kier alpha value is -2.28. The molecule has 7 heteroatoms. The molecule has 1 saturated heterocycles. The molecule has 1 atom stereocenters. The molecule has 2 amide bonds. The Kier molecular flexibility index (Phi) is 4.64. The quantitative estimate of drug-likeness (QED) is 0.737. The molecule has 1 aliphatic heterocycles. The predicted molar refractivity (Wildman–Crippen MR) is 75.7 cm³/mol. The number of morpholine rings is 1. The van der Waals surface area contributed by atoms with Crippen LogP contribution in [-0.2, 0) is 4.74 Å². The van der Waals surface area contributed by atoms with E-state index in [-0.39, 0.29) is 23.4 Å². The van der Waals surface area contributed by atoms with Crippen molar-refractivity contribution in [2.45, 2.75) is 19.4 Å². The average Bonchev–Trinajstić information content (AvgIpc) is 2.49. The topological polar surface area (TPSA) is 99.1 Å². The van der Waals surface area contributed by atoms with Gasteiger partial charge in [0.2, 0.25) is 0 Å². The summed E-state index contributed by atoms with van der Waals surface area (Å²) in [5, 5.41) is 21.0. The zero-order chi connectivity index (χ0) is 15.4. The standard InChI is InChI=1S/C14H18N2O5/c1-2-10-8-16(5-6-21-10)14(20)15-9-3-4-12(17)11(7-9)13(18)19/h3-4,7,10,17H,2,5-6,8H2,1H3,(H,15,20)(H,18,19). The second-order valence-corrected chi connectivity index (χ2v) is 4.81. The summed E-state index contributed by atoms with van der Waals surface area (Å²) < 4.78 is 5.49. The van der Waals surface area contributed by atoms with E-state index in [9.17, 15) is 14.7 Å². The molecule has 21 heavy (non-hydrogen) atoms. The van der Waals surface area contributed by atoms with Crippen LogP contribution in [0.3, 0.4) is 0 Å². The molecule has 0 aliphatic carbocycles. The number of nitrogens with zero attached hydrogens (tertiary/aromatic N) is 1. The maximum Gasteiger partial charge on any atom is 0.339 e. The molecule has 1 unspecified atom stereocenters. The predicted octanol–water partition coefficient (Wildman–Crippen LogP) is 1.73. The molecule has 1 heterocycles. The summed E-state index contributed by atoms with van der Waals surface area (Å²) in [6.07, 6.45) is 0.852. The van der Waals surface area contributed by atoms with Crippen LogP contribution in [-0.4, -0.2) is 52.9 Å². The van der Waals surface area contributed by atoms with Crippen LogP contribution in [0.25, 0.3) is 0 Å². The molecule has 0 saturated carbocycles. The van der Waals surface area contributed by atoms with Gasteiger partial charge in [0, 0.05) is 18.8 Å². The molecule has 0 bridgehead atoms. The first-order valence-corrected chi connectivity index (χ1v) is 6.75. The van der Waals surface area contributed by atoms with Crippen molar-refractivity contribution in [1.29, 1.82) is 0 Å². The number of amides is 2. The van der Waals surface area contributed by atoms with Crippen LogP contribution in [0.2, 0.25) is 0 Å². The maximum atomic E-state index is 12.1. The van der Waals surface area contributed by atoms with Gasteiger partial charge < -0.3 is 25.2 Å². The lowest BCUT2D eigenvalue weighted by Gasteiger charge is -2.32. The summed E-state index contributed by atoms with van der Waals surface area (Å²) in [6, 6.07) is 3.62. The van der Waals surface area contributed by atoms with Gasteiger partial charge in [-0.3, -0.25) is 0 Å². The van der Waals surface area contributed by atoms with Crippen LogP contribution in [0.5, 0.6) is 5.75 Å². The molecule has 1 aromatic rings. The second-order valence-electron chi connectivity index (χ2n) is 4.81. The van der Waals surface area contributed by atoms with E-state index in [0.717, 1.165) is 6.42 Å². The number of urea groups is 1. The summed E-state index contributed by atoms with van der Waals surface area (Å²) in [4.78, 5) is 24.7. The number of carbonyl (C=O) groups is 2. The van der Waals surface area contributed by atoms with Gasteiger partial charge in [-0.2, -0.15) is 0 Å². The molecule has 114 valence electrons. The van der Waals surface area contributed by atoms with Gasteiger partial charge in [0.1, 0.15) is 11.3 Å². The first-order chi connectivity index (χ1) is 10.0. The molecule has 7 nitrogen and oxygen atoms in total. The minimum absolute atomic E-state index is 0.0268. The molecule has 3 N–H and O–H groups in total. The van der Waals surface area contributed by atoms with E-state index in [1.807, 2.05) is 6.92 Å². The van der Waals surface area contributed by atoms with Crippen LogP contribution in [0.15, 0.2) is 18.2 Å². The van der Waals surface area contributed by atoms with E-state index in [4.69, 9.17) is 9.84 Å². The van der Waals surface area contributed by atoms with Gasteiger partial charge in [-0.15, -0.1) is 0 Å². The summed E-state index contributed by atoms with van der Waals surface area (Å²) in [5.74, 6) is -1.58. The number of anilines is 1. The van der Waals surface area contributed by atoms with E-state index < -0.39 is 5.97 Å². The molecular formula is C14H18N2O5. The van der Waals surface area contributed by atoms with Crippen LogP contribution in [0, 0.1) is 0 Å². The van der Waals surface area contributed by atoms with Crippen molar-refractivity contribution >= 4 is 17.7 Å². The summed E-state index contributed by atoms with van der Waals surface area (Å²) in [5.41, 5.74) is 0.0796. The Balaban J connectivity index is 2.05. The number of nitrogens with one attached hydrogen (secondary N) is 1.